The number of guanidine groups is 1. The molecule has 2 aromatic rings. The van der Waals surface area contributed by atoms with Gasteiger partial charge in [-0.25, -0.2) is 9.97 Å². The SMILES string of the molecule is CN=C(NCc1sc(C)nc1C)NC1CCN(c2cccc(C)n2)CC1.I. The Balaban J connectivity index is 0.00000261. The molecule has 0 atom stereocenters. The van der Waals surface area contributed by atoms with Crippen molar-refractivity contribution in [3.63, 3.8) is 0 Å². The predicted octanol–water partition coefficient (Wildman–Crippen LogP) is 3.42. The number of hydrogen-bond acceptors (Lipinski definition) is 5. The highest BCUT2D eigenvalue weighted by Gasteiger charge is 2.21. The van der Waals surface area contributed by atoms with Crippen molar-refractivity contribution in [1.29, 1.82) is 0 Å². The highest BCUT2D eigenvalue weighted by atomic mass is 127. The quantitative estimate of drug-likeness (QED) is 0.383. The van der Waals surface area contributed by atoms with Gasteiger partial charge in [0.15, 0.2) is 5.96 Å². The Hall–Kier alpha value is -1.42. The molecule has 0 saturated carbocycles. The third-order valence-electron chi connectivity index (χ3n) is 4.67. The number of aryl methyl sites for hydroxylation is 3. The average Bonchev–Trinajstić information content (AvgIpc) is 2.96. The summed E-state index contributed by atoms with van der Waals surface area (Å²) in [4.78, 5) is 17.1. The van der Waals surface area contributed by atoms with Crippen molar-refractivity contribution in [3.8, 4) is 0 Å². The summed E-state index contributed by atoms with van der Waals surface area (Å²) in [5, 5.41) is 8.09. The molecule has 27 heavy (non-hydrogen) atoms. The molecule has 0 radical (unpaired) electrons. The van der Waals surface area contributed by atoms with Crippen LogP contribution in [0, 0.1) is 20.8 Å². The number of aromatic nitrogens is 2. The largest absolute Gasteiger partial charge is 0.356 e. The van der Waals surface area contributed by atoms with Crippen LogP contribution < -0.4 is 15.5 Å². The number of anilines is 1. The molecule has 148 valence electrons. The first-order valence-electron chi connectivity index (χ1n) is 9.14. The van der Waals surface area contributed by atoms with Crippen LogP contribution in [0.1, 0.15) is 34.1 Å². The van der Waals surface area contributed by atoms with Crippen molar-refractivity contribution in [2.75, 3.05) is 25.0 Å². The van der Waals surface area contributed by atoms with Crippen molar-refractivity contribution in [2.45, 2.75) is 46.2 Å². The van der Waals surface area contributed by atoms with E-state index in [2.05, 4.69) is 49.6 Å². The molecule has 1 aliphatic rings. The zero-order chi connectivity index (χ0) is 18.5. The Morgan fingerprint density at radius 2 is 1.96 bits per heavy atom. The van der Waals surface area contributed by atoms with E-state index < -0.39 is 0 Å². The summed E-state index contributed by atoms with van der Waals surface area (Å²) in [5.41, 5.74) is 2.18. The number of nitrogens with one attached hydrogen (secondary N) is 2. The summed E-state index contributed by atoms with van der Waals surface area (Å²) in [6.07, 6.45) is 2.16. The van der Waals surface area contributed by atoms with Gasteiger partial charge in [0.25, 0.3) is 0 Å². The van der Waals surface area contributed by atoms with E-state index in [-0.39, 0.29) is 24.0 Å². The molecular formula is C19H29IN6S. The number of nitrogens with zero attached hydrogens (tertiary/aromatic N) is 4. The fourth-order valence-corrected chi connectivity index (χ4v) is 4.12. The zero-order valence-electron chi connectivity index (χ0n) is 16.5. The van der Waals surface area contributed by atoms with Crippen molar-refractivity contribution in [3.05, 3.63) is 39.5 Å². The summed E-state index contributed by atoms with van der Waals surface area (Å²) in [6.45, 7) is 8.94. The smallest absolute Gasteiger partial charge is 0.191 e. The summed E-state index contributed by atoms with van der Waals surface area (Å²) < 4.78 is 0. The van der Waals surface area contributed by atoms with Gasteiger partial charge >= 0.3 is 0 Å². The van der Waals surface area contributed by atoms with Gasteiger partial charge in [0, 0.05) is 36.8 Å². The molecular weight excluding hydrogens is 471 g/mol. The first kappa shape index (κ1) is 21.9. The highest BCUT2D eigenvalue weighted by Crippen LogP contribution is 2.19. The molecule has 0 unspecified atom stereocenters. The molecule has 0 amide bonds. The topological polar surface area (TPSA) is 65.4 Å². The van der Waals surface area contributed by atoms with Crippen molar-refractivity contribution in [2.24, 2.45) is 4.99 Å². The molecule has 1 saturated heterocycles. The minimum absolute atomic E-state index is 0. The van der Waals surface area contributed by atoms with Crippen LogP contribution in [0.3, 0.4) is 0 Å². The molecule has 0 bridgehead atoms. The van der Waals surface area contributed by atoms with Gasteiger partial charge in [0.1, 0.15) is 5.82 Å². The minimum Gasteiger partial charge on any atom is -0.356 e. The van der Waals surface area contributed by atoms with Gasteiger partial charge in [0.2, 0.25) is 0 Å². The van der Waals surface area contributed by atoms with Gasteiger partial charge in [-0.3, -0.25) is 4.99 Å². The second-order valence-electron chi connectivity index (χ2n) is 6.71. The zero-order valence-corrected chi connectivity index (χ0v) is 19.6. The van der Waals surface area contributed by atoms with Gasteiger partial charge in [-0.05, 0) is 45.7 Å². The molecule has 1 aliphatic heterocycles. The van der Waals surface area contributed by atoms with Gasteiger partial charge in [-0.1, -0.05) is 6.07 Å². The molecule has 1 fully saturated rings. The number of halogens is 1. The summed E-state index contributed by atoms with van der Waals surface area (Å²) >= 11 is 1.74. The molecule has 3 rings (SSSR count). The van der Waals surface area contributed by atoms with E-state index in [1.165, 1.54) is 4.88 Å². The number of thiazole rings is 1. The van der Waals surface area contributed by atoms with Gasteiger partial charge in [-0.15, -0.1) is 35.3 Å². The molecule has 0 spiro atoms. The summed E-state index contributed by atoms with van der Waals surface area (Å²) in [6, 6.07) is 6.66. The van der Waals surface area contributed by atoms with Gasteiger partial charge in [0.05, 0.1) is 17.2 Å². The Morgan fingerprint density at radius 1 is 1.22 bits per heavy atom. The third-order valence-corrected chi connectivity index (χ3v) is 5.75. The molecule has 0 aliphatic carbocycles. The van der Waals surface area contributed by atoms with Crippen LogP contribution >= 0.6 is 35.3 Å². The van der Waals surface area contributed by atoms with Crippen LogP contribution in [0.4, 0.5) is 5.82 Å². The van der Waals surface area contributed by atoms with Crippen molar-refractivity contribution in [1.82, 2.24) is 20.6 Å². The summed E-state index contributed by atoms with van der Waals surface area (Å²) in [7, 11) is 1.83. The van der Waals surface area contributed by atoms with E-state index >= 15 is 0 Å². The lowest BCUT2D eigenvalue weighted by molar-refractivity contribution is 0.459. The standard InChI is InChI=1S/C19H28N6S.HI/c1-13-6-5-7-18(22-13)25-10-8-16(9-11-25)24-19(20-4)21-12-17-14(2)23-15(3)26-17;/h5-7,16H,8-12H2,1-4H3,(H2,20,21,24);1H. The van der Waals surface area contributed by atoms with Gasteiger partial charge < -0.3 is 15.5 Å². The fraction of sp³-hybridized carbons (Fsp3) is 0.526. The number of aliphatic imine (C=N–C) groups is 1. The van der Waals surface area contributed by atoms with Crippen LogP contribution in [-0.4, -0.2) is 42.1 Å². The number of hydrogen-bond donors (Lipinski definition) is 2. The maximum Gasteiger partial charge on any atom is 0.191 e. The Morgan fingerprint density at radius 3 is 2.56 bits per heavy atom. The van der Waals surface area contributed by atoms with E-state index in [9.17, 15) is 0 Å². The molecule has 0 aromatic carbocycles. The fourth-order valence-electron chi connectivity index (χ4n) is 3.25. The maximum absolute atomic E-state index is 4.64. The van der Waals surface area contributed by atoms with Crippen LogP contribution in [0.15, 0.2) is 23.2 Å². The molecule has 2 aromatic heterocycles. The predicted molar refractivity (Wildman–Crippen MR) is 125 cm³/mol. The molecule has 2 N–H and O–H groups in total. The van der Waals surface area contributed by atoms with Crippen molar-refractivity contribution < 1.29 is 0 Å². The normalized spacial score (nSPS) is 15.4. The lowest BCUT2D eigenvalue weighted by atomic mass is 10.1. The third kappa shape index (κ3) is 6.03. The second kappa shape index (κ2) is 10.2. The van der Waals surface area contributed by atoms with Crippen LogP contribution in [0.2, 0.25) is 0 Å². The second-order valence-corrected chi connectivity index (χ2v) is 8.00. The van der Waals surface area contributed by atoms with E-state index in [0.29, 0.717) is 6.04 Å². The molecule has 6 nitrogen and oxygen atoms in total. The Kier molecular flexibility index (Phi) is 8.28. The Bertz CT molecular complexity index is 767. The highest BCUT2D eigenvalue weighted by molar-refractivity contribution is 14.0. The van der Waals surface area contributed by atoms with E-state index in [4.69, 9.17) is 0 Å². The molecule has 8 heteroatoms. The van der Waals surface area contributed by atoms with Crippen LogP contribution in [0.5, 0.6) is 0 Å². The minimum atomic E-state index is 0. The number of pyridine rings is 1. The summed E-state index contributed by atoms with van der Waals surface area (Å²) in [5.74, 6) is 1.95. The maximum atomic E-state index is 4.64. The van der Waals surface area contributed by atoms with Crippen LogP contribution in [0.25, 0.3) is 0 Å². The molecule has 3 heterocycles. The lowest BCUT2D eigenvalue weighted by Gasteiger charge is -2.34. The van der Waals surface area contributed by atoms with E-state index in [1.807, 2.05) is 27.0 Å². The number of rotatable bonds is 4. The monoisotopic (exact) mass is 500 g/mol. The van der Waals surface area contributed by atoms with E-state index in [0.717, 1.165) is 60.6 Å². The van der Waals surface area contributed by atoms with E-state index in [1.54, 1.807) is 11.3 Å². The average molecular weight is 500 g/mol. The lowest BCUT2D eigenvalue weighted by Crippen LogP contribution is -2.48. The van der Waals surface area contributed by atoms with Gasteiger partial charge in [-0.2, -0.15) is 0 Å². The van der Waals surface area contributed by atoms with Crippen LogP contribution in [-0.2, 0) is 6.54 Å². The first-order chi connectivity index (χ1) is 12.5. The number of piperidine rings is 1. The Labute approximate surface area is 182 Å². The van der Waals surface area contributed by atoms with Crippen molar-refractivity contribution >= 4 is 47.1 Å². The first-order valence-corrected chi connectivity index (χ1v) is 9.95.